The first-order chi connectivity index (χ1) is 14.7. The molecule has 0 aromatic heterocycles. The summed E-state index contributed by atoms with van der Waals surface area (Å²) in [5, 5.41) is 0. The fourth-order valence-corrected chi connectivity index (χ4v) is 6.29. The third kappa shape index (κ3) is 4.77. The van der Waals surface area contributed by atoms with Gasteiger partial charge in [-0.2, -0.15) is 16.8 Å². The van der Waals surface area contributed by atoms with Gasteiger partial charge in [0, 0.05) is 0 Å². The molecule has 2 aromatic carbocycles. The fraction of sp³-hybridized carbons (Fsp3) is 0.391. The second-order valence-corrected chi connectivity index (χ2v) is 11.6. The molecule has 31 heavy (non-hydrogen) atoms. The Kier molecular flexibility index (Phi) is 6.09. The summed E-state index contributed by atoms with van der Waals surface area (Å²) >= 11 is 0. The average molecular weight is 463 g/mol. The van der Waals surface area contributed by atoms with Crippen LogP contribution in [0.3, 0.4) is 0 Å². The molecule has 4 rings (SSSR count). The number of rotatable bonds is 8. The standard InChI is InChI=1S/C23H26O6S2/c1-16-3-9-20(10-4-16)30(24,25)28-14-22-18-7-8-19(13-18)23(22)15-29-31(26,27)21-11-5-17(2)6-12-21/h3-12,18-19,22-23H,13-15H2,1-2H3/t18-,19+,22-,23+. The molecule has 2 aromatic rings. The Morgan fingerprint density at radius 1 is 0.677 bits per heavy atom. The summed E-state index contributed by atoms with van der Waals surface area (Å²) in [5.41, 5.74) is 1.92. The van der Waals surface area contributed by atoms with Crippen molar-refractivity contribution in [2.24, 2.45) is 23.7 Å². The highest BCUT2D eigenvalue weighted by molar-refractivity contribution is 7.87. The second kappa shape index (κ2) is 8.50. The topological polar surface area (TPSA) is 86.7 Å². The Hall–Kier alpha value is -2.00. The van der Waals surface area contributed by atoms with E-state index in [9.17, 15) is 16.8 Å². The highest BCUT2D eigenvalue weighted by Crippen LogP contribution is 2.48. The van der Waals surface area contributed by atoms with E-state index in [2.05, 4.69) is 12.2 Å². The van der Waals surface area contributed by atoms with Crippen LogP contribution in [0.1, 0.15) is 17.5 Å². The zero-order chi connectivity index (χ0) is 22.2. The van der Waals surface area contributed by atoms with Crippen molar-refractivity contribution in [1.29, 1.82) is 0 Å². The number of aryl methyl sites for hydroxylation is 2. The molecule has 1 fully saturated rings. The summed E-state index contributed by atoms with van der Waals surface area (Å²) in [7, 11) is -7.76. The predicted octanol–water partition coefficient (Wildman–Crippen LogP) is 3.85. The average Bonchev–Trinajstić information content (AvgIpc) is 3.33. The Balaban J connectivity index is 1.43. The van der Waals surface area contributed by atoms with Crippen LogP contribution >= 0.6 is 0 Å². The molecule has 0 spiro atoms. The lowest BCUT2D eigenvalue weighted by molar-refractivity contribution is 0.138. The van der Waals surface area contributed by atoms with Crippen LogP contribution in [-0.2, 0) is 28.6 Å². The van der Waals surface area contributed by atoms with Crippen LogP contribution in [0.2, 0.25) is 0 Å². The van der Waals surface area contributed by atoms with Gasteiger partial charge in [0.15, 0.2) is 0 Å². The van der Waals surface area contributed by atoms with Crippen molar-refractivity contribution in [3.63, 3.8) is 0 Å². The fourth-order valence-electron chi connectivity index (χ4n) is 4.40. The molecule has 0 saturated heterocycles. The van der Waals surface area contributed by atoms with E-state index in [4.69, 9.17) is 8.37 Å². The molecule has 8 heteroatoms. The lowest BCUT2D eigenvalue weighted by Gasteiger charge is -2.27. The van der Waals surface area contributed by atoms with Gasteiger partial charge in [-0.25, -0.2) is 0 Å². The Morgan fingerprint density at radius 2 is 1.03 bits per heavy atom. The maximum atomic E-state index is 12.6. The molecule has 1 saturated carbocycles. The minimum absolute atomic E-state index is 0.000320. The summed E-state index contributed by atoms with van der Waals surface area (Å²) in [5.74, 6) is 0.0784. The second-order valence-electron chi connectivity index (χ2n) is 8.38. The van der Waals surface area contributed by atoms with Crippen LogP contribution in [0.4, 0.5) is 0 Å². The van der Waals surface area contributed by atoms with Crippen molar-refractivity contribution in [2.45, 2.75) is 30.1 Å². The van der Waals surface area contributed by atoms with E-state index < -0.39 is 20.2 Å². The van der Waals surface area contributed by atoms with E-state index in [1.807, 2.05) is 13.8 Å². The molecule has 4 atom stereocenters. The maximum absolute atomic E-state index is 12.6. The molecule has 2 aliphatic rings. The first kappa shape index (κ1) is 22.2. The van der Waals surface area contributed by atoms with Gasteiger partial charge in [-0.3, -0.25) is 8.37 Å². The van der Waals surface area contributed by atoms with Crippen molar-refractivity contribution >= 4 is 20.2 Å². The van der Waals surface area contributed by atoms with Crippen LogP contribution in [-0.4, -0.2) is 30.0 Å². The molecule has 0 heterocycles. The van der Waals surface area contributed by atoms with Crippen LogP contribution in [0.5, 0.6) is 0 Å². The highest BCUT2D eigenvalue weighted by Gasteiger charge is 2.45. The van der Waals surface area contributed by atoms with Crippen molar-refractivity contribution in [3.8, 4) is 0 Å². The van der Waals surface area contributed by atoms with E-state index in [0.29, 0.717) is 0 Å². The Bertz CT molecular complexity index is 1070. The normalized spacial score (nSPS) is 25.2. The molecule has 0 N–H and O–H groups in total. The highest BCUT2D eigenvalue weighted by atomic mass is 32.2. The predicted molar refractivity (Wildman–Crippen MR) is 116 cm³/mol. The van der Waals surface area contributed by atoms with E-state index in [1.54, 1.807) is 24.3 Å². The first-order valence-corrected chi connectivity index (χ1v) is 13.1. The van der Waals surface area contributed by atoms with Crippen LogP contribution in [0.25, 0.3) is 0 Å². The number of hydrogen-bond donors (Lipinski definition) is 0. The van der Waals surface area contributed by atoms with Crippen molar-refractivity contribution < 1.29 is 25.2 Å². The summed E-state index contributed by atoms with van der Waals surface area (Å²) in [6, 6.07) is 13.0. The van der Waals surface area contributed by atoms with Gasteiger partial charge in [0.1, 0.15) is 0 Å². The van der Waals surface area contributed by atoms with Gasteiger partial charge in [0.05, 0.1) is 23.0 Å². The summed E-state index contributed by atoms with van der Waals surface area (Å²) in [6.45, 7) is 3.77. The van der Waals surface area contributed by atoms with Crippen molar-refractivity contribution in [3.05, 3.63) is 71.8 Å². The molecule has 0 aliphatic heterocycles. The van der Waals surface area contributed by atoms with E-state index in [0.717, 1.165) is 17.5 Å². The Morgan fingerprint density at radius 3 is 1.39 bits per heavy atom. The van der Waals surface area contributed by atoms with Gasteiger partial charge >= 0.3 is 0 Å². The molecule has 2 aliphatic carbocycles. The minimum Gasteiger partial charge on any atom is -0.266 e. The third-order valence-electron chi connectivity index (χ3n) is 6.25. The SMILES string of the molecule is Cc1ccc(S(=O)(=O)OC[C@@H]2[C@H](COS(=O)(=O)c3ccc(C)cc3)[C@@H]3C=C[C@H]2C3)cc1. The van der Waals surface area contributed by atoms with Gasteiger partial charge in [-0.1, -0.05) is 47.5 Å². The Labute approximate surface area is 184 Å². The van der Waals surface area contributed by atoms with E-state index >= 15 is 0 Å². The minimum atomic E-state index is -3.88. The molecule has 0 radical (unpaired) electrons. The van der Waals surface area contributed by atoms with Gasteiger partial charge < -0.3 is 0 Å². The quantitative estimate of drug-likeness (QED) is 0.437. The third-order valence-corrected chi connectivity index (χ3v) is 8.84. The van der Waals surface area contributed by atoms with Crippen LogP contribution < -0.4 is 0 Å². The number of allylic oxidation sites excluding steroid dienone is 2. The van der Waals surface area contributed by atoms with Crippen molar-refractivity contribution in [1.82, 2.24) is 0 Å². The summed E-state index contributed by atoms with van der Waals surface area (Å²) in [4.78, 5) is 0.234. The number of fused-ring (bicyclic) bond motifs is 2. The maximum Gasteiger partial charge on any atom is 0.296 e. The molecule has 0 amide bonds. The molecule has 0 unspecified atom stereocenters. The summed E-state index contributed by atoms with van der Waals surface area (Å²) < 4.78 is 61.1. The zero-order valence-corrected chi connectivity index (χ0v) is 19.1. The molecule has 6 nitrogen and oxygen atoms in total. The molecule has 2 bridgehead atoms. The van der Waals surface area contributed by atoms with Crippen LogP contribution in [0.15, 0.2) is 70.5 Å². The van der Waals surface area contributed by atoms with Gasteiger partial charge in [0.2, 0.25) is 0 Å². The van der Waals surface area contributed by atoms with Gasteiger partial charge in [-0.15, -0.1) is 0 Å². The van der Waals surface area contributed by atoms with E-state index in [-0.39, 0.29) is 46.7 Å². The van der Waals surface area contributed by atoms with Gasteiger partial charge in [0.25, 0.3) is 20.2 Å². The van der Waals surface area contributed by atoms with Gasteiger partial charge in [-0.05, 0) is 68.2 Å². The lowest BCUT2D eigenvalue weighted by Crippen LogP contribution is -2.30. The van der Waals surface area contributed by atoms with Crippen LogP contribution in [0, 0.1) is 37.5 Å². The molecular formula is C23H26O6S2. The molecule has 166 valence electrons. The monoisotopic (exact) mass is 462 g/mol. The largest absolute Gasteiger partial charge is 0.296 e. The smallest absolute Gasteiger partial charge is 0.266 e. The first-order valence-electron chi connectivity index (χ1n) is 10.3. The number of benzene rings is 2. The number of hydrogen-bond acceptors (Lipinski definition) is 6. The lowest BCUT2D eigenvalue weighted by atomic mass is 9.84. The molecular weight excluding hydrogens is 436 g/mol. The van der Waals surface area contributed by atoms with Crippen molar-refractivity contribution in [2.75, 3.05) is 13.2 Å². The summed E-state index contributed by atoms with van der Waals surface area (Å²) in [6.07, 6.45) is 5.00. The zero-order valence-electron chi connectivity index (χ0n) is 17.5. The van der Waals surface area contributed by atoms with E-state index in [1.165, 1.54) is 24.3 Å².